The first-order valence-corrected chi connectivity index (χ1v) is 9.50. The number of ether oxygens (including phenoxy) is 1. The molecular weight excluding hydrogens is 348 g/mol. The van der Waals surface area contributed by atoms with E-state index in [0.29, 0.717) is 22.6 Å². The summed E-state index contributed by atoms with van der Waals surface area (Å²) in [5, 5.41) is 8.18. The van der Waals surface area contributed by atoms with Crippen LogP contribution in [0.15, 0.2) is 5.38 Å². The van der Waals surface area contributed by atoms with Crippen LogP contribution in [0, 0.1) is 0 Å². The predicted octanol–water partition coefficient (Wildman–Crippen LogP) is 3.23. The molecule has 24 heavy (non-hydrogen) atoms. The molecule has 2 N–H and O–H groups in total. The number of fused-ring (bicyclic) bond motifs is 1. The van der Waals surface area contributed by atoms with Crippen molar-refractivity contribution in [1.29, 1.82) is 0 Å². The molecule has 0 bridgehead atoms. The van der Waals surface area contributed by atoms with Crippen LogP contribution in [0.5, 0.6) is 0 Å². The minimum absolute atomic E-state index is 0.144. The van der Waals surface area contributed by atoms with Crippen molar-refractivity contribution in [2.45, 2.75) is 39.0 Å². The van der Waals surface area contributed by atoms with Gasteiger partial charge in [-0.05, 0) is 32.6 Å². The molecule has 3 rings (SSSR count). The minimum Gasteiger partial charge on any atom is -0.450 e. The molecule has 2 heterocycles. The molecule has 7 nitrogen and oxygen atoms in total. The molecule has 0 saturated heterocycles. The number of anilines is 2. The van der Waals surface area contributed by atoms with Gasteiger partial charge in [0.25, 0.3) is 0 Å². The first-order chi connectivity index (χ1) is 11.6. The lowest BCUT2D eigenvalue weighted by Crippen LogP contribution is -2.15. The van der Waals surface area contributed by atoms with E-state index in [1.807, 2.05) is 0 Å². The third kappa shape index (κ3) is 4.30. The third-order valence-corrected chi connectivity index (χ3v) is 5.35. The average Bonchev–Trinajstić information content (AvgIpc) is 3.13. The zero-order valence-electron chi connectivity index (χ0n) is 13.3. The Hall–Kier alpha value is -2.00. The first-order valence-electron chi connectivity index (χ1n) is 7.80. The highest BCUT2D eigenvalue weighted by Crippen LogP contribution is 2.29. The Morgan fingerprint density at radius 1 is 1.21 bits per heavy atom. The van der Waals surface area contributed by atoms with Crippen molar-refractivity contribution in [1.82, 2.24) is 9.97 Å². The molecule has 2 amide bonds. The topological polar surface area (TPSA) is 93.2 Å². The van der Waals surface area contributed by atoms with E-state index in [1.165, 1.54) is 29.1 Å². The SMILES string of the molecule is CCOC(=O)Nc1nc(CC(=O)Nc2nc3c(s2)CCCC3)cs1. The van der Waals surface area contributed by atoms with Gasteiger partial charge in [0.1, 0.15) is 0 Å². The molecule has 0 atom stereocenters. The molecule has 9 heteroatoms. The molecule has 0 fully saturated rings. The molecule has 2 aromatic rings. The smallest absolute Gasteiger partial charge is 0.413 e. The molecule has 0 aliphatic heterocycles. The second-order valence-corrected chi connectivity index (χ2v) is 7.25. The second kappa shape index (κ2) is 7.71. The van der Waals surface area contributed by atoms with Gasteiger partial charge in [0, 0.05) is 10.3 Å². The van der Waals surface area contributed by atoms with Crippen LogP contribution in [0.25, 0.3) is 0 Å². The van der Waals surface area contributed by atoms with Crippen molar-refractivity contribution < 1.29 is 14.3 Å². The highest BCUT2D eigenvalue weighted by Gasteiger charge is 2.17. The molecule has 2 aromatic heterocycles. The van der Waals surface area contributed by atoms with Gasteiger partial charge in [-0.2, -0.15) is 0 Å². The van der Waals surface area contributed by atoms with E-state index in [9.17, 15) is 9.59 Å². The zero-order valence-corrected chi connectivity index (χ0v) is 14.9. The highest BCUT2D eigenvalue weighted by molar-refractivity contribution is 7.16. The Bertz CT molecular complexity index is 717. The minimum atomic E-state index is -0.545. The van der Waals surface area contributed by atoms with Gasteiger partial charge >= 0.3 is 6.09 Å². The summed E-state index contributed by atoms with van der Waals surface area (Å²) in [7, 11) is 0. The van der Waals surface area contributed by atoms with Crippen LogP contribution in [-0.2, 0) is 28.8 Å². The van der Waals surface area contributed by atoms with E-state index < -0.39 is 6.09 Å². The number of nitrogens with zero attached hydrogens (tertiary/aromatic N) is 2. The number of thiazole rings is 2. The lowest BCUT2D eigenvalue weighted by molar-refractivity contribution is -0.115. The Kier molecular flexibility index (Phi) is 5.41. The van der Waals surface area contributed by atoms with Gasteiger partial charge in [0.2, 0.25) is 5.91 Å². The number of nitrogens with one attached hydrogen (secondary N) is 2. The second-order valence-electron chi connectivity index (χ2n) is 5.31. The first kappa shape index (κ1) is 16.8. The van der Waals surface area contributed by atoms with E-state index in [-0.39, 0.29) is 12.3 Å². The summed E-state index contributed by atoms with van der Waals surface area (Å²) in [4.78, 5) is 33.4. The van der Waals surface area contributed by atoms with Crippen molar-refractivity contribution in [2.75, 3.05) is 17.2 Å². The van der Waals surface area contributed by atoms with Gasteiger partial charge in [-0.15, -0.1) is 22.7 Å². The largest absolute Gasteiger partial charge is 0.450 e. The summed E-state index contributed by atoms with van der Waals surface area (Å²) in [6.07, 6.45) is 4.01. The van der Waals surface area contributed by atoms with Gasteiger partial charge < -0.3 is 10.1 Å². The molecule has 0 aromatic carbocycles. The number of aryl methyl sites for hydroxylation is 2. The number of amides is 2. The molecule has 128 valence electrons. The number of aromatic nitrogens is 2. The number of rotatable bonds is 5. The predicted molar refractivity (Wildman–Crippen MR) is 93.8 cm³/mol. The summed E-state index contributed by atoms with van der Waals surface area (Å²) < 4.78 is 4.79. The van der Waals surface area contributed by atoms with Crippen LogP contribution in [-0.4, -0.2) is 28.6 Å². The summed E-state index contributed by atoms with van der Waals surface area (Å²) in [5.74, 6) is -0.158. The van der Waals surface area contributed by atoms with Crippen molar-refractivity contribution in [3.63, 3.8) is 0 Å². The summed E-state index contributed by atoms with van der Waals surface area (Å²) in [5.41, 5.74) is 1.72. The monoisotopic (exact) mass is 366 g/mol. The standard InChI is InChI=1S/C15H18N4O3S2/c1-2-22-15(21)19-13-16-9(8-23-13)7-12(20)18-14-17-10-5-3-4-6-11(10)24-14/h8H,2-7H2,1H3,(H,16,19,21)(H,17,18,20). The highest BCUT2D eigenvalue weighted by atomic mass is 32.1. The van der Waals surface area contributed by atoms with Gasteiger partial charge in [-0.3, -0.25) is 10.1 Å². The van der Waals surface area contributed by atoms with Crippen LogP contribution in [0.3, 0.4) is 0 Å². The maximum atomic E-state index is 12.1. The van der Waals surface area contributed by atoms with Gasteiger partial charge in [-0.1, -0.05) is 0 Å². The van der Waals surface area contributed by atoms with Crippen molar-refractivity contribution in [2.24, 2.45) is 0 Å². The van der Waals surface area contributed by atoms with Crippen molar-refractivity contribution in [3.8, 4) is 0 Å². The number of carbonyl (C=O) groups excluding carboxylic acids is 2. The maximum absolute atomic E-state index is 12.1. The molecule has 1 aliphatic rings. The quantitative estimate of drug-likeness (QED) is 0.847. The number of carbonyl (C=O) groups is 2. The van der Waals surface area contributed by atoms with Crippen LogP contribution < -0.4 is 10.6 Å². The lowest BCUT2D eigenvalue weighted by Gasteiger charge is -2.06. The van der Waals surface area contributed by atoms with Crippen LogP contribution >= 0.6 is 22.7 Å². The van der Waals surface area contributed by atoms with Gasteiger partial charge in [0.15, 0.2) is 10.3 Å². The fourth-order valence-electron chi connectivity index (χ4n) is 2.43. The number of hydrogen-bond acceptors (Lipinski definition) is 7. The Balaban J connectivity index is 1.54. The third-order valence-electron chi connectivity index (χ3n) is 3.47. The van der Waals surface area contributed by atoms with Crippen LogP contribution in [0.1, 0.15) is 36.0 Å². The zero-order chi connectivity index (χ0) is 16.9. The van der Waals surface area contributed by atoms with Gasteiger partial charge in [-0.25, -0.2) is 14.8 Å². The lowest BCUT2D eigenvalue weighted by atomic mass is 10.0. The van der Waals surface area contributed by atoms with Crippen molar-refractivity contribution >= 4 is 44.9 Å². The number of hydrogen-bond donors (Lipinski definition) is 2. The van der Waals surface area contributed by atoms with E-state index in [1.54, 1.807) is 23.6 Å². The van der Waals surface area contributed by atoms with Crippen LogP contribution in [0.2, 0.25) is 0 Å². The van der Waals surface area contributed by atoms with E-state index in [0.717, 1.165) is 18.5 Å². The van der Waals surface area contributed by atoms with E-state index in [2.05, 4.69) is 20.6 Å². The Morgan fingerprint density at radius 2 is 2.04 bits per heavy atom. The fourth-order valence-corrected chi connectivity index (χ4v) is 4.20. The average molecular weight is 366 g/mol. The molecule has 0 saturated carbocycles. The Morgan fingerprint density at radius 3 is 2.83 bits per heavy atom. The Labute approximate surface area is 147 Å². The van der Waals surface area contributed by atoms with E-state index in [4.69, 9.17) is 4.74 Å². The normalized spacial score (nSPS) is 13.2. The van der Waals surface area contributed by atoms with Gasteiger partial charge in [0.05, 0.1) is 24.4 Å². The molecule has 0 spiro atoms. The maximum Gasteiger partial charge on any atom is 0.413 e. The van der Waals surface area contributed by atoms with Crippen molar-refractivity contribution in [3.05, 3.63) is 21.6 Å². The summed E-state index contributed by atoms with van der Waals surface area (Å²) in [6, 6.07) is 0. The summed E-state index contributed by atoms with van der Waals surface area (Å²) in [6.45, 7) is 2.03. The van der Waals surface area contributed by atoms with E-state index >= 15 is 0 Å². The fraction of sp³-hybridized carbons (Fsp3) is 0.467. The molecule has 0 unspecified atom stereocenters. The summed E-state index contributed by atoms with van der Waals surface area (Å²) >= 11 is 2.82. The molecular formula is C15H18N4O3S2. The molecule has 0 radical (unpaired) electrons. The van der Waals surface area contributed by atoms with Crippen LogP contribution in [0.4, 0.5) is 15.1 Å². The molecule has 1 aliphatic carbocycles.